The highest BCUT2D eigenvalue weighted by molar-refractivity contribution is 6.65. The van der Waals surface area contributed by atoms with Crippen LogP contribution in [0.4, 0.5) is 0 Å². The third kappa shape index (κ3) is 3.29. The summed E-state index contributed by atoms with van der Waals surface area (Å²) in [5.74, 6) is 0. The Morgan fingerprint density at radius 1 is 0.515 bits per heavy atom. The van der Waals surface area contributed by atoms with Crippen LogP contribution in [-0.4, -0.2) is 17.2 Å². The summed E-state index contributed by atoms with van der Waals surface area (Å²) in [6.07, 6.45) is 6.42. The number of hydrogen-bond acceptors (Lipinski definition) is 2. The van der Waals surface area contributed by atoms with Crippen molar-refractivity contribution in [3.63, 3.8) is 0 Å². The molecule has 5 aromatic carbocycles. The van der Waals surface area contributed by atoms with Crippen molar-refractivity contribution in [2.75, 3.05) is 0 Å². The molecule has 0 saturated heterocycles. The zero-order chi connectivity index (χ0) is 22.4. The SMILES string of the molecule is OB(O)c1c2ccccc2c(C2=CC=C(c3cccc4ccccc34)CC2)c2ccccc12. The molecule has 0 fully saturated rings. The number of hydrogen-bond donors (Lipinski definition) is 2. The molecule has 0 bridgehead atoms. The van der Waals surface area contributed by atoms with Crippen LogP contribution in [-0.2, 0) is 0 Å². The van der Waals surface area contributed by atoms with Gasteiger partial charge in [-0.3, -0.25) is 0 Å². The lowest BCUT2D eigenvalue weighted by molar-refractivity contribution is 0.426. The zero-order valence-corrected chi connectivity index (χ0v) is 18.2. The quantitative estimate of drug-likeness (QED) is 0.271. The van der Waals surface area contributed by atoms with Crippen LogP contribution < -0.4 is 5.46 Å². The minimum Gasteiger partial charge on any atom is -0.423 e. The maximum absolute atomic E-state index is 10.2. The van der Waals surface area contributed by atoms with E-state index < -0.39 is 7.12 Å². The zero-order valence-electron chi connectivity index (χ0n) is 18.2. The molecule has 3 heteroatoms. The Morgan fingerprint density at radius 2 is 1.03 bits per heavy atom. The molecule has 0 aliphatic heterocycles. The molecule has 0 unspecified atom stereocenters. The van der Waals surface area contributed by atoms with Gasteiger partial charge in [0.25, 0.3) is 0 Å². The lowest BCUT2D eigenvalue weighted by Crippen LogP contribution is -2.31. The largest absolute Gasteiger partial charge is 0.489 e. The Morgan fingerprint density at radius 3 is 1.64 bits per heavy atom. The van der Waals surface area contributed by atoms with Crippen LogP contribution in [0.1, 0.15) is 24.0 Å². The minimum absolute atomic E-state index is 0.577. The van der Waals surface area contributed by atoms with Gasteiger partial charge in [-0.15, -0.1) is 0 Å². The second-order valence-electron chi connectivity index (χ2n) is 8.66. The first kappa shape index (κ1) is 20.0. The van der Waals surface area contributed by atoms with E-state index in [1.165, 1.54) is 33.0 Å². The molecule has 2 N–H and O–H groups in total. The second kappa shape index (κ2) is 8.04. The van der Waals surface area contributed by atoms with Gasteiger partial charge in [0.15, 0.2) is 0 Å². The fraction of sp³-hybridized carbons (Fsp3) is 0.0667. The molecule has 0 amide bonds. The van der Waals surface area contributed by atoms with Crippen LogP contribution in [0.3, 0.4) is 0 Å². The highest BCUT2D eigenvalue weighted by Crippen LogP contribution is 2.39. The topological polar surface area (TPSA) is 40.5 Å². The fourth-order valence-corrected chi connectivity index (χ4v) is 5.36. The van der Waals surface area contributed by atoms with Crippen molar-refractivity contribution in [3.8, 4) is 0 Å². The summed E-state index contributed by atoms with van der Waals surface area (Å²) in [4.78, 5) is 0. The third-order valence-electron chi connectivity index (χ3n) is 6.84. The smallest absolute Gasteiger partial charge is 0.423 e. The monoisotopic (exact) mass is 426 g/mol. The summed E-state index contributed by atoms with van der Waals surface area (Å²) in [7, 11) is -1.52. The molecule has 1 aliphatic carbocycles. The van der Waals surface area contributed by atoms with Gasteiger partial charge < -0.3 is 10.0 Å². The van der Waals surface area contributed by atoms with Crippen molar-refractivity contribution >= 4 is 56.0 Å². The Hall–Kier alpha value is -3.66. The molecule has 2 nitrogen and oxygen atoms in total. The molecule has 6 rings (SSSR count). The number of allylic oxidation sites excluding steroid dienone is 4. The minimum atomic E-state index is -1.52. The first-order chi connectivity index (χ1) is 16.2. The molecule has 158 valence electrons. The highest BCUT2D eigenvalue weighted by atomic mass is 16.4. The van der Waals surface area contributed by atoms with Crippen LogP contribution >= 0.6 is 0 Å². The maximum Gasteiger partial charge on any atom is 0.489 e. The fourth-order valence-electron chi connectivity index (χ4n) is 5.36. The predicted molar refractivity (Wildman–Crippen MR) is 140 cm³/mol. The normalized spacial score (nSPS) is 13.9. The molecular weight excluding hydrogens is 403 g/mol. The number of benzene rings is 5. The van der Waals surface area contributed by atoms with Crippen LogP contribution in [0, 0.1) is 0 Å². The third-order valence-corrected chi connectivity index (χ3v) is 6.84. The predicted octanol–water partition coefficient (Wildman–Crippen LogP) is 6.09. The van der Waals surface area contributed by atoms with Crippen molar-refractivity contribution in [1.29, 1.82) is 0 Å². The van der Waals surface area contributed by atoms with Gasteiger partial charge in [0.2, 0.25) is 0 Å². The van der Waals surface area contributed by atoms with E-state index in [-0.39, 0.29) is 0 Å². The summed E-state index contributed by atoms with van der Waals surface area (Å²) in [6, 6.07) is 31.2. The van der Waals surface area contributed by atoms with E-state index in [0.717, 1.165) is 34.4 Å². The van der Waals surface area contributed by atoms with Crippen LogP contribution in [0.15, 0.2) is 103 Å². The lowest BCUT2D eigenvalue weighted by atomic mass is 9.72. The summed E-state index contributed by atoms with van der Waals surface area (Å²) in [6.45, 7) is 0. The molecular formula is C30H23BO2. The molecule has 1 aliphatic rings. The maximum atomic E-state index is 10.2. The summed E-state index contributed by atoms with van der Waals surface area (Å²) < 4.78 is 0. The second-order valence-corrected chi connectivity index (χ2v) is 8.66. The van der Waals surface area contributed by atoms with Gasteiger partial charge in [-0.05, 0) is 72.9 Å². The molecule has 5 aromatic rings. The van der Waals surface area contributed by atoms with Crippen molar-refractivity contribution < 1.29 is 10.0 Å². The Bertz CT molecular complexity index is 1530. The standard InChI is InChI=1S/C30H23BO2/c32-31(33)30-27-13-5-3-11-25(27)29(26-12-4-6-14-28(26)30)22-18-16-21(17-19-22)24-15-7-9-20-8-1-2-10-23(20)24/h1-16,18,32-33H,17,19H2. The Balaban J connectivity index is 1.57. The number of fused-ring (bicyclic) bond motifs is 3. The molecule has 0 atom stereocenters. The van der Waals surface area contributed by atoms with E-state index in [9.17, 15) is 10.0 Å². The average molecular weight is 426 g/mol. The van der Waals surface area contributed by atoms with Gasteiger partial charge in [-0.2, -0.15) is 0 Å². The van der Waals surface area contributed by atoms with Crippen LogP contribution in [0.2, 0.25) is 0 Å². The van der Waals surface area contributed by atoms with E-state index >= 15 is 0 Å². The lowest BCUT2D eigenvalue weighted by Gasteiger charge is -2.21. The molecule has 0 heterocycles. The van der Waals surface area contributed by atoms with E-state index in [1.54, 1.807) is 0 Å². The summed E-state index contributed by atoms with van der Waals surface area (Å²) >= 11 is 0. The van der Waals surface area contributed by atoms with E-state index in [4.69, 9.17) is 0 Å². The van der Waals surface area contributed by atoms with Gasteiger partial charge in [-0.1, -0.05) is 103 Å². The van der Waals surface area contributed by atoms with Crippen molar-refractivity contribution in [2.45, 2.75) is 12.8 Å². The molecule has 33 heavy (non-hydrogen) atoms. The van der Waals surface area contributed by atoms with Gasteiger partial charge >= 0.3 is 7.12 Å². The van der Waals surface area contributed by atoms with Gasteiger partial charge in [0, 0.05) is 0 Å². The van der Waals surface area contributed by atoms with Crippen LogP contribution in [0.25, 0.3) is 43.5 Å². The van der Waals surface area contributed by atoms with Crippen molar-refractivity contribution in [2.24, 2.45) is 0 Å². The van der Waals surface area contributed by atoms with Gasteiger partial charge in [0.05, 0.1) is 0 Å². The van der Waals surface area contributed by atoms with E-state index in [0.29, 0.717) is 5.46 Å². The molecule has 0 aromatic heterocycles. The Kier molecular flexibility index (Phi) is 4.87. The summed E-state index contributed by atoms with van der Waals surface area (Å²) in [5, 5.41) is 26.9. The van der Waals surface area contributed by atoms with Crippen molar-refractivity contribution in [1.82, 2.24) is 0 Å². The first-order valence-electron chi connectivity index (χ1n) is 11.4. The number of rotatable bonds is 3. The molecule has 0 radical (unpaired) electrons. The van der Waals surface area contributed by atoms with Crippen molar-refractivity contribution in [3.05, 3.63) is 114 Å². The van der Waals surface area contributed by atoms with Gasteiger partial charge in [0.1, 0.15) is 0 Å². The van der Waals surface area contributed by atoms with E-state index in [1.807, 2.05) is 36.4 Å². The highest BCUT2D eigenvalue weighted by Gasteiger charge is 2.23. The Labute approximate surface area is 193 Å². The van der Waals surface area contributed by atoms with Crippen LogP contribution in [0.5, 0.6) is 0 Å². The van der Waals surface area contributed by atoms with Gasteiger partial charge in [-0.25, -0.2) is 0 Å². The first-order valence-corrected chi connectivity index (χ1v) is 11.4. The average Bonchev–Trinajstić information content (AvgIpc) is 2.87. The van der Waals surface area contributed by atoms with E-state index in [2.05, 4.69) is 66.7 Å². The summed E-state index contributed by atoms with van der Waals surface area (Å²) in [5.41, 5.74) is 5.71. The molecule has 0 spiro atoms. The molecule has 0 saturated carbocycles.